The van der Waals surface area contributed by atoms with Crippen LogP contribution in [-0.2, 0) is 0 Å². The molecule has 1 aliphatic heterocycles. The molecule has 5 heteroatoms. The molecule has 1 unspecified atom stereocenters. The van der Waals surface area contributed by atoms with Crippen LogP contribution >= 0.6 is 11.3 Å². The van der Waals surface area contributed by atoms with Crippen LogP contribution in [0.5, 0.6) is 0 Å². The van der Waals surface area contributed by atoms with E-state index in [1.165, 1.54) is 11.3 Å². The summed E-state index contributed by atoms with van der Waals surface area (Å²) < 4.78 is 0. The van der Waals surface area contributed by atoms with Crippen LogP contribution in [0.15, 0.2) is 23.7 Å². The number of Topliss-reactive ketones (excluding diaryl/α,β-unsaturated/α-hetero) is 1. The molecule has 4 nitrogen and oxygen atoms in total. The minimum Gasteiger partial charge on any atom is -0.307 e. The Hall–Kier alpha value is -2.01. The highest BCUT2D eigenvalue weighted by molar-refractivity contribution is 7.12. The lowest BCUT2D eigenvalue weighted by Gasteiger charge is -2.18. The van der Waals surface area contributed by atoms with Gasteiger partial charge in [0.1, 0.15) is 4.88 Å². The lowest BCUT2D eigenvalue weighted by molar-refractivity contribution is 0.0968. The number of aromatic nitrogens is 1. The number of hydrogen-bond donors (Lipinski definition) is 0. The van der Waals surface area contributed by atoms with Crippen molar-refractivity contribution in [2.24, 2.45) is 0 Å². The van der Waals surface area contributed by atoms with Gasteiger partial charge in [-0.2, -0.15) is 0 Å². The average Bonchev–Trinajstić information content (AvgIpc) is 3.16. The lowest BCUT2D eigenvalue weighted by Crippen LogP contribution is -2.30. The van der Waals surface area contributed by atoms with E-state index < -0.39 is 0 Å². The van der Waals surface area contributed by atoms with Crippen LogP contribution in [0, 0.1) is 0 Å². The summed E-state index contributed by atoms with van der Waals surface area (Å²) in [6.07, 6.45) is 1.42. The SMILES string of the molecule is CC(C)c1ncsc1C(=O)N1CC2CCC(=O)c3cccc1c32. The molecule has 2 aromatic rings. The van der Waals surface area contributed by atoms with E-state index >= 15 is 0 Å². The molecule has 2 heterocycles. The summed E-state index contributed by atoms with van der Waals surface area (Å²) in [5.74, 6) is 0.736. The van der Waals surface area contributed by atoms with E-state index in [0.29, 0.717) is 18.9 Å². The molecule has 0 saturated heterocycles. The first-order valence-electron chi connectivity index (χ1n) is 7.99. The molecule has 0 bridgehead atoms. The third-order valence-corrected chi connectivity index (χ3v) is 5.62. The Kier molecular flexibility index (Phi) is 3.34. The number of carbonyl (C=O) groups excluding carboxylic acids is 2. The van der Waals surface area contributed by atoms with Gasteiger partial charge in [-0.3, -0.25) is 9.59 Å². The Bertz CT molecular complexity index is 809. The van der Waals surface area contributed by atoms with Crippen molar-refractivity contribution in [2.45, 2.75) is 38.5 Å². The Labute approximate surface area is 139 Å². The second kappa shape index (κ2) is 5.27. The third-order valence-electron chi connectivity index (χ3n) is 4.79. The predicted molar refractivity (Wildman–Crippen MR) is 90.6 cm³/mol. The quantitative estimate of drug-likeness (QED) is 0.838. The van der Waals surface area contributed by atoms with Crippen molar-refractivity contribution in [3.63, 3.8) is 0 Å². The van der Waals surface area contributed by atoms with Gasteiger partial charge in [-0.15, -0.1) is 11.3 Å². The maximum Gasteiger partial charge on any atom is 0.270 e. The standard InChI is InChI=1S/C18H18N2O2S/c1-10(2)16-17(23-9-19-16)18(22)20-8-11-6-7-14(21)12-4-3-5-13(20)15(11)12/h3-5,9-11H,6-8H2,1-2H3. The first-order valence-corrected chi connectivity index (χ1v) is 8.87. The predicted octanol–water partition coefficient (Wildman–Crippen LogP) is 3.99. The van der Waals surface area contributed by atoms with Gasteiger partial charge >= 0.3 is 0 Å². The van der Waals surface area contributed by atoms with Crippen molar-refractivity contribution in [1.29, 1.82) is 0 Å². The zero-order valence-electron chi connectivity index (χ0n) is 13.2. The minimum atomic E-state index is 0.0199. The zero-order valence-corrected chi connectivity index (χ0v) is 14.0. The molecule has 23 heavy (non-hydrogen) atoms. The number of amides is 1. The van der Waals surface area contributed by atoms with Crippen LogP contribution in [0.3, 0.4) is 0 Å². The molecule has 1 atom stereocenters. The molecule has 0 saturated carbocycles. The van der Waals surface area contributed by atoms with E-state index in [4.69, 9.17) is 0 Å². The first kappa shape index (κ1) is 14.6. The average molecular weight is 326 g/mol. The molecule has 1 aromatic carbocycles. The number of rotatable bonds is 2. The fraction of sp³-hybridized carbons (Fsp3) is 0.389. The molecule has 0 spiro atoms. The van der Waals surface area contributed by atoms with E-state index in [1.54, 1.807) is 5.51 Å². The smallest absolute Gasteiger partial charge is 0.270 e. The highest BCUT2D eigenvalue weighted by Crippen LogP contribution is 2.45. The molecule has 1 amide bonds. The Morgan fingerprint density at radius 3 is 3.00 bits per heavy atom. The van der Waals surface area contributed by atoms with Crippen molar-refractivity contribution in [2.75, 3.05) is 11.4 Å². The van der Waals surface area contributed by atoms with Crippen molar-refractivity contribution >= 4 is 28.7 Å². The van der Waals surface area contributed by atoms with Gasteiger partial charge < -0.3 is 4.90 Å². The fourth-order valence-electron chi connectivity index (χ4n) is 3.69. The monoisotopic (exact) mass is 326 g/mol. The van der Waals surface area contributed by atoms with Crippen molar-refractivity contribution in [1.82, 2.24) is 4.98 Å². The van der Waals surface area contributed by atoms with Crippen molar-refractivity contribution in [3.05, 3.63) is 45.4 Å². The Morgan fingerprint density at radius 1 is 1.39 bits per heavy atom. The number of benzene rings is 1. The number of hydrogen-bond acceptors (Lipinski definition) is 4. The third kappa shape index (κ3) is 2.14. The topological polar surface area (TPSA) is 50.3 Å². The molecular formula is C18H18N2O2S. The van der Waals surface area contributed by atoms with Gasteiger partial charge in [0.05, 0.1) is 11.2 Å². The maximum absolute atomic E-state index is 13.1. The van der Waals surface area contributed by atoms with Crippen LogP contribution in [-0.4, -0.2) is 23.2 Å². The summed E-state index contributed by atoms with van der Waals surface area (Å²) in [6, 6.07) is 5.75. The second-order valence-electron chi connectivity index (χ2n) is 6.53. The van der Waals surface area contributed by atoms with E-state index in [0.717, 1.165) is 33.8 Å². The van der Waals surface area contributed by atoms with Crippen LogP contribution in [0.2, 0.25) is 0 Å². The summed E-state index contributed by atoms with van der Waals surface area (Å²) in [4.78, 5) is 32.2. The van der Waals surface area contributed by atoms with E-state index in [9.17, 15) is 9.59 Å². The van der Waals surface area contributed by atoms with Gasteiger partial charge in [0.25, 0.3) is 5.91 Å². The summed E-state index contributed by atoms with van der Waals surface area (Å²) >= 11 is 1.41. The van der Waals surface area contributed by atoms with Gasteiger partial charge in [0.2, 0.25) is 0 Å². The summed E-state index contributed by atoms with van der Waals surface area (Å²) in [6.45, 7) is 4.78. The maximum atomic E-state index is 13.1. The molecule has 1 aromatic heterocycles. The Balaban J connectivity index is 1.77. The second-order valence-corrected chi connectivity index (χ2v) is 7.39. The Morgan fingerprint density at radius 2 is 2.22 bits per heavy atom. The summed E-state index contributed by atoms with van der Waals surface area (Å²) in [5.41, 5.74) is 5.41. The number of anilines is 1. The van der Waals surface area contributed by atoms with Crippen LogP contribution in [0.4, 0.5) is 5.69 Å². The van der Waals surface area contributed by atoms with Gasteiger partial charge in [0.15, 0.2) is 5.78 Å². The van der Waals surface area contributed by atoms with Crippen LogP contribution in [0.25, 0.3) is 0 Å². The molecular weight excluding hydrogens is 308 g/mol. The van der Waals surface area contributed by atoms with Gasteiger partial charge in [-0.25, -0.2) is 4.98 Å². The molecule has 2 aliphatic rings. The zero-order chi connectivity index (χ0) is 16.1. The van der Waals surface area contributed by atoms with Gasteiger partial charge in [-0.05, 0) is 24.0 Å². The highest BCUT2D eigenvalue weighted by atomic mass is 32.1. The number of ketones is 1. The fourth-order valence-corrected chi connectivity index (χ4v) is 4.58. The lowest BCUT2D eigenvalue weighted by atomic mass is 9.83. The van der Waals surface area contributed by atoms with Crippen LogP contribution in [0.1, 0.15) is 69.8 Å². The van der Waals surface area contributed by atoms with Gasteiger partial charge in [0, 0.05) is 30.1 Å². The highest BCUT2D eigenvalue weighted by Gasteiger charge is 2.39. The normalized spacial score (nSPS) is 19.3. The summed E-state index contributed by atoms with van der Waals surface area (Å²) in [5, 5.41) is 0. The largest absolute Gasteiger partial charge is 0.307 e. The number of carbonyl (C=O) groups is 2. The van der Waals surface area contributed by atoms with E-state index in [-0.39, 0.29) is 17.6 Å². The molecule has 0 fully saturated rings. The molecule has 118 valence electrons. The first-order chi connectivity index (χ1) is 11.1. The number of thiazole rings is 1. The summed E-state index contributed by atoms with van der Waals surface area (Å²) in [7, 11) is 0. The number of nitrogens with zero attached hydrogens (tertiary/aromatic N) is 2. The van der Waals surface area contributed by atoms with Crippen LogP contribution < -0.4 is 4.90 Å². The van der Waals surface area contributed by atoms with Crippen molar-refractivity contribution in [3.8, 4) is 0 Å². The van der Waals surface area contributed by atoms with E-state index in [2.05, 4.69) is 18.8 Å². The molecule has 4 rings (SSSR count). The minimum absolute atomic E-state index is 0.0199. The van der Waals surface area contributed by atoms with Crippen molar-refractivity contribution < 1.29 is 9.59 Å². The van der Waals surface area contributed by atoms with Gasteiger partial charge in [-0.1, -0.05) is 26.0 Å². The molecule has 1 aliphatic carbocycles. The van der Waals surface area contributed by atoms with E-state index in [1.807, 2.05) is 23.1 Å². The molecule has 0 radical (unpaired) electrons. The molecule has 0 N–H and O–H groups in total.